The van der Waals surface area contributed by atoms with Gasteiger partial charge >= 0.3 is 0 Å². The van der Waals surface area contributed by atoms with E-state index in [4.69, 9.17) is 5.11 Å². The molecular weight excluding hydrogens is 296 g/mol. The molecule has 1 aromatic rings. The van der Waals surface area contributed by atoms with Crippen LogP contribution in [0.15, 0.2) is 16.7 Å². The molecule has 18 heavy (non-hydrogen) atoms. The lowest BCUT2D eigenvalue weighted by Crippen LogP contribution is -2.30. The standard InChI is InChI=1S/C13H19BrN2O2/c14-12-5-9(8-17)6-13(16-12)15-7-10-3-1-2-4-11(10)18/h5-6,10-11,17-18H,1-4,7-8H2,(H,15,16)/t10-,11+/m1/s1. The van der Waals surface area contributed by atoms with Crippen molar-refractivity contribution < 1.29 is 10.2 Å². The minimum atomic E-state index is -0.198. The summed E-state index contributed by atoms with van der Waals surface area (Å²) in [5.74, 6) is 1.04. The Labute approximate surface area is 116 Å². The number of hydrogen-bond donors (Lipinski definition) is 3. The Morgan fingerprint density at radius 3 is 2.83 bits per heavy atom. The zero-order chi connectivity index (χ0) is 13.0. The van der Waals surface area contributed by atoms with Crippen LogP contribution in [0.2, 0.25) is 0 Å². The van der Waals surface area contributed by atoms with Crippen molar-refractivity contribution in [3.8, 4) is 0 Å². The number of nitrogens with one attached hydrogen (secondary N) is 1. The van der Waals surface area contributed by atoms with Crippen molar-refractivity contribution in [2.24, 2.45) is 5.92 Å². The highest BCUT2D eigenvalue weighted by atomic mass is 79.9. The van der Waals surface area contributed by atoms with Crippen LogP contribution in [-0.2, 0) is 6.61 Å². The SMILES string of the molecule is OCc1cc(Br)nc(NC[C@H]2CCCC[C@@H]2O)c1. The van der Waals surface area contributed by atoms with Crippen LogP contribution in [0.25, 0.3) is 0 Å². The Balaban J connectivity index is 1.94. The van der Waals surface area contributed by atoms with E-state index in [0.29, 0.717) is 10.5 Å². The zero-order valence-electron chi connectivity index (χ0n) is 10.3. The second kappa shape index (κ2) is 6.50. The highest BCUT2D eigenvalue weighted by molar-refractivity contribution is 9.10. The van der Waals surface area contributed by atoms with E-state index >= 15 is 0 Å². The maximum absolute atomic E-state index is 9.89. The van der Waals surface area contributed by atoms with Crippen molar-refractivity contribution in [1.82, 2.24) is 4.98 Å². The van der Waals surface area contributed by atoms with Crippen LogP contribution >= 0.6 is 15.9 Å². The molecule has 1 aromatic heterocycles. The molecule has 0 unspecified atom stereocenters. The molecule has 1 fully saturated rings. The second-order valence-electron chi connectivity index (χ2n) is 4.83. The quantitative estimate of drug-likeness (QED) is 0.746. The van der Waals surface area contributed by atoms with Gasteiger partial charge in [-0.15, -0.1) is 0 Å². The number of aliphatic hydroxyl groups excluding tert-OH is 2. The van der Waals surface area contributed by atoms with E-state index in [0.717, 1.165) is 37.2 Å². The van der Waals surface area contributed by atoms with Gasteiger partial charge in [-0.3, -0.25) is 0 Å². The van der Waals surface area contributed by atoms with E-state index in [-0.39, 0.29) is 12.7 Å². The number of halogens is 1. The number of hydrogen-bond acceptors (Lipinski definition) is 4. The summed E-state index contributed by atoms with van der Waals surface area (Å²) < 4.78 is 0.709. The molecule has 0 amide bonds. The average Bonchev–Trinajstić information content (AvgIpc) is 2.37. The molecule has 5 heteroatoms. The molecule has 4 nitrogen and oxygen atoms in total. The molecule has 0 spiro atoms. The topological polar surface area (TPSA) is 65.4 Å². The number of nitrogens with zero attached hydrogens (tertiary/aromatic N) is 1. The Hall–Kier alpha value is -0.650. The lowest BCUT2D eigenvalue weighted by molar-refractivity contribution is 0.0763. The van der Waals surface area contributed by atoms with Crippen LogP contribution in [0.3, 0.4) is 0 Å². The zero-order valence-corrected chi connectivity index (χ0v) is 11.9. The second-order valence-corrected chi connectivity index (χ2v) is 5.65. The molecule has 1 saturated carbocycles. The van der Waals surface area contributed by atoms with Crippen molar-refractivity contribution in [3.63, 3.8) is 0 Å². The van der Waals surface area contributed by atoms with Gasteiger partial charge in [0, 0.05) is 12.5 Å². The lowest BCUT2D eigenvalue weighted by atomic mass is 9.86. The summed E-state index contributed by atoms with van der Waals surface area (Å²) >= 11 is 3.32. The van der Waals surface area contributed by atoms with Gasteiger partial charge in [0.2, 0.25) is 0 Å². The maximum Gasteiger partial charge on any atom is 0.127 e. The molecular formula is C13H19BrN2O2. The van der Waals surface area contributed by atoms with Crippen molar-refractivity contribution in [2.75, 3.05) is 11.9 Å². The van der Waals surface area contributed by atoms with Crippen molar-refractivity contribution in [3.05, 3.63) is 22.3 Å². The fourth-order valence-corrected chi connectivity index (χ4v) is 2.88. The minimum absolute atomic E-state index is 0.00184. The van der Waals surface area contributed by atoms with Gasteiger partial charge in [0.05, 0.1) is 12.7 Å². The van der Waals surface area contributed by atoms with Crippen molar-refractivity contribution in [2.45, 2.75) is 38.4 Å². The van der Waals surface area contributed by atoms with Gasteiger partial charge in [0.15, 0.2) is 0 Å². The van der Waals surface area contributed by atoms with Gasteiger partial charge < -0.3 is 15.5 Å². The fraction of sp³-hybridized carbons (Fsp3) is 0.615. The first-order valence-corrected chi connectivity index (χ1v) is 7.17. The summed E-state index contributed by atoms with van der Waals surface area (Å²) in [4.78, 5) is 4.30. The van der Waals surface area contributed by atoms with Crippen LogP contribution in [0.4, 0.5) is 5.82 Å². The number of pyridine rings is 1. The molecule has 0 saturated heterocycles. The molecule has 0 radical (unpaired) electrons. The average molecular weight is 315 g/mol. The predicted molar refractivity (Wildman–Crippen MR) is 74.3 cm³/mol. The molecule has 0 aliphatic heterocycles. The first-order chi connectivity index (χ1) is 8.69. The third kappa shape index (κ3) is 3.67. The molecule has 3 N–H and O–H groups in total. The van der Waals surface area contributed by atoms with Crippen LogP contribution in [0.1, 0.15) is 31.2 Å². The summed E-state index contributed by atoms with van der Waals surface area (Å²) in [5, 5.41) is 22.3. The van der Waals surface area contributed by atoms with Crippen LogP contribution < -0.4 is 5.32 Å². The molecule has 100 valence electrons. The summed E-state index contributed by atoms with van der Waals surface area (Å²) in [6.45, 7) is 0.733. The Bertz CT molecular complexity index is 401. The van der Waals surface area contributed by atoms with Gasteiger partial charge in [0.25, 0.3) is 0 Å². The molecule has 1 heterocycles. The fourth-order valence-electron chi connectivity index (χ4n) is 2.39. The van der Waals surface area contributed by atoms with Crippen molar-refractivity contribution >= 4 is 21.7 Å². The Morgan fingerprint density at radius 1 is 1.33 bits per heavy atom. The van der Waals surface area contributed by atoms with Gasteiger partial charge in [-0.2, -0.15) is 0 Å². The maximum atomic E-state index is 9.89. The first-order valence-electron chi connectivity index (χ1n) is 6.38. The highest BCUT2D eigenvalue weighted by Gasteiger charge is 2.22. The van der Waals surface area contributed by atoms with E-state index in [1.165, 1.54) is 6.42 Å². The normalized spacial score (nSPS) is 23.9. The number of anilines is 1. The van der Waals surface area contributed by atoms with Gasteiger partial charge in [0.1, 0.15) is 10.4 Å². The van der Waals surface area contributed by atoms with Gasteiger partial charge in [-0.05, 0) is 46.5 Å². The predicted octanol–water partition coefficient (Wildman–Crippen LogP) is 2.30. The molecule has 1 aliphatic rings. The van der Waals surface area contributed by atoms with Crippen molar-refractivity contribution in [1.29, 1.82) is 0 Å². The summed E-state index contributed by atoms with van der Waals surface area (Å²) in [6.07, 6.45) is 4.09. The molecule has 0 aromatic carbocycles. The largest absolute Gasteiger partial charge is 0.393 e. The molecule has 0 bridgehead atoms. The van der Waals surface area contributed by atoms with E-state index in [9.17, 15) is 5.11 Å². The minimum Gasteiger partial charge on any atom is -0.393 e. The van der Waals surface area contributed by atoms with E-state index < -0.39 is 0 Å². The third-order valence-electron chi connectivity index (χ3n) is 3.45. The van der Waals surface area contributed by atoms with Gasteiger partial charge in [-0.25, -0.2) is 4.98 Å². The molecule has 2 atom stereocenters. The van der Waals surface area contributed by atoms with E-state index in [1.807, 2.05) is 6.07 Å². The molecule has 2 rings (SSSR count). The first kappa shape index (κ1) is 13.8. The monoisotopic (exact) mass is 314 g/mol. The Kier molecular flexibility index (Phi) is 4.97. The number of aromatic nitrogens is 1. The number of rotatable bonds is 4. The van der Waals surface area contributed by atoms with E-state index in [1.54, 1.807) is 6.07 Å². The van der Waals surface area contributed by atoms with Crippen LogP contribution in [0.5, 0.6) is 0 Å². The lowest BCUT2D eigenvalue weighted by Gasteiger charge is -2.27. The van der Waals surface area contributed by atoms with Crippen LogP contribution in [0, 0.1) is 5.92 Å². The third-order valence-corrected chi connectivity index (χ3v) is 3.86. The summed E-state index contributed by atoms with van der Waals surface area (Å²) in [7, 11) is 0. The Morgan fingerprint density at radius 2 is 2.11 bits per heavy atom. The summed E-state index contributed by atoms with van der Waals surface area (Å²) in [6, 6.07) is 3.63. The molecule has 1 aliphatic carbocycles. The van der Waals surface area contributed by atoms with Crippen LogP contribution in [-0.4, -0.2) is 27.8 Å². The summed E-state index contributed by atoms with van der Waals surface area (Å²) in [5.41, 5.74) is 0.823. The van der Waals surface area contributed by atoms with Gasteiger partial charge in [-0.1, -0.05) is 12.8 Å². The highest BCUT2D eigenvalue weighted by Crippen LogP contribution is 2.25. The number of aliphatic hydroxyl groups is 2. The van der Waals surface area contributed by atoms with E-state index in [2.05, 4.69) is 26.2 Å². The smallest absolute Gasteiger partial charge is 0.127 e.